The molecule has 162 valence electrons. The van der Waals surface area contributed by atoms with Gasteiger partial charge in [-0.1, -0.05) is 29.8 Å². The molecule has 2 fully saturated rings. The number of methoxy groups -OCH3 is 1. The van der Waals surface area contributed by atoms with E-state index < -0.39 is 18.2 Å². The van der Waals surface area contributed by atoms with Gasteiger partial charge in [0.25, 0.3) is 0 Å². The van der Waals surface area contributed by atoms with Crippen LogP contribution in [0, 0.1) is 0 Å². The van der Waals surface area contributed by atoms with Gasteiger partial charge in [0.15, 0.2) is 12.1 Å². The van der Waals surface area contributed by atoms with Gasteiger partial charge >= 0.3 is 0 Å². The third kappa shape index (κ3) is 4.98. The van der Waals surface area contributed by atoms with E-state index in [1.54, 1.807) is 7.11 Å². The zero-order chi connectivity index (χ0) is 21.1. The maximum Gasteiger partial charge on any atom is 0.199 e. The maximum absolute atomic E-state index is 10.5. The van der Waals surface area contributed by atoms with E-state index >= 15 is 0 Å². The molecule has 0 amide bonds. The Morgan fingerprint density at radius 2 is 1.93 bits per heavy atom. The minimum absolute atomic E-state index is 0.232. The first kappa shape index (κ1) is 21.6. The number of hydrogen-bond acceptors (Lipinski definition) is 5. The summed E-state index contributed by atoms with van der Waals surface area (Å²) in [7, 11) is 1.60. The molecule has 2 aromatic rings. The van der Waals surface area contributed by atoms with Gasteiger partial charge in [-0.2, -0.15) is 0 Å². The molecule has 1 aliphatic heterocycles. The van der Waals surface area contributed by atoms with Crippen molar-refractivity contribution >= 4 is 11.6 Å². The number of halogens is 1. The number of aliphatic hydroxyl groups excluding tert-OH is 1. The lowest BCUT2D eigenvalue weighted by molar-refractivity contribution is -0.347. The fourth-order valence-corrected chi connectivity index (χ4v) is 4.08. The second-order valence-electron chi connectivity index (χ2n) is 7.99. The molecule has 2 aromatic carbocycles. The lowest BCUT2D eigenvalue weighted by atomic mass is 9.92. The van der Waals surface area contributed by atoms with Gasteiger partial charge in [0.1, 0.15) is 5.75 Å². The Kier molecular flexibility index (Phi) is 6.66. The van der Waals surface area contributed by atoms with Crippen molar-refractivity contribution in [2.75, 3.05) is 13.7 Å². The molecule has 1 heterocycles. The van der Waals surface area contributed by atoms with Crippen LogP contribution in [0.2, 0.25) is 5.02 Å². The van der Waals surface area contributed by atoms with Gasteiger partial charge in [0.05, 0.1) is 18.8 Å². The molecule has 2 aliphatic rings. The topological polar surface area (TPSA) is 57.2 Å². The van der Waals surface area contributed by atoms with Crippen molar-refractivity contribution in [3.05, 3.63) is 64.2 Å². The molecule has 6 heteroatoms. The highest BCUT2D eigenvalue weighted by molar-refractivity contribution is 6.31. The smallest absolute Gasteiger partial charge is 0.199 e. The van der Waals surface area contributed by atoms with Crippen LogP contribution in [0.5, 0.6) is 5.75 Å². The summed E-state index contributed by atoms with van der Waals surface area (Å²) < 4.78 is 23.5. The highest BCUT2D eigenvalue weighted by atomic mass is 35.5. The molecule has 5 nitrogen and oxygen atoms in total. The minimum Gasteiger partial charge on any atom is -0.494 e. The Morgan fingerprint density at radius 3 is 2.60 bits per heavy atom. The van der Waals surface area contributed by atoms with E-state index in [2.05, 4.69) is 0 Å². The molecule has 1 saturated heterocycles. The number of aliphatic hydroxyl groups is 1. The van der Waals surface area contributed by atoms with E-state index in [9.17, 15) is 5.11 Å². The molecule has 0 radical (unpaired) electrons. The van der Waals surface area contributed by atoms with Crippen molar-refractivity contribution in [3.8, 4) is 5.75 Å². The average Bonchev–Trinajstić information content (AvgIpc) is 3.54. The number of ether oxygens (including phenoxy) is 4. The molecule has 1 saturated carbocycles. The van der Waals surface area contributed by atoms with Crippen molar-refractivity contribution in [1.82, 2.24) is 0 Å². The van der Waals surface area contributed by atoms with Gasteiger partial charge in [0, 0.05) is 30.5 Å². The van der Waals surface area contributed by atoms with E-state index in [1.165, 1.54) is 0 Å². The van der Waals surface area contributed by atoms with Gasteiger partial charge in [-0.3, -0.25) is 0 Å². The van der Waals surface area contributed by atoms with E-state index in [1.807, 2.05) is 49.4 Å². The number of hydrogen-bond donors (Lipinski definition) is 1. The quantitative estimate of drug-likeness (QED) is 0.649. The SMILES string of the molecule is CCOc1ccc(Cc2cc([C@@]3(OC)CC(O)CC(OC4CC4)O3)ccc2Cl)cc1. The second-order valence-corrected chi connectivity index (χ2v) is 8.40. The van der Waals surface area contributed by atoms with E-state index in [0.717, 1.165) is 35.3 Å². The summed E-state index contributed by atoms with van der Waals surface area (Å²) in [5.74, 6) is -0.208. The highest BCUT2D eigenvalue weighted by Gasteiger charge is 2.45. The summed E-state index contributed by atoms with van der Waals surface area (Å²) in [6, 6.07) is 13.8. The summed E-state index contributed by atoms with van der Waals surface area (Å²) in [6.07, 6.45) is 2.75. The molecular weight excluding hydrogens is 404 g/mol. The zero-order valence-electron chi connectivity index (χ0n) is 17.5. The Bertz CT molecular complexity index is 849. The third-order valence-electron chi connectivity index (χ3n) is 5.60. The van der Waals surface area contributed by atoms with Crippen LogP contribution in [0.3, 0.4) is 0 Å². The molecule has 4 rings (SSSR count). The lowest BCUT2D eigenvalue weighted by Gasteiger charge is -2.42. The van der Waals surface area contributed by atoms with Crippen LogP contribution in [0.1, 0.15) is 49.3 Å². The Morgan fingerprint density at radius 1 is 1.17 bits per heavy atom. The molecular formula is C24H29ClO5. The van der Waals surface area contributed by atoms with Gasteiger partial charge in [-0.25, -0.2) is 0 Å². The zero-order valence-corrected chi connectivity index (χ0v) is 18.2. The maximum atomic E-state index is 10.5. The summed E-state index contributed by atoms with van der Waals surface area (Å²) in [5, 5.41) is 11.2. The number of rotatable bonds is 8. The molecule has 3 atom stereocenters. The molecule has 0 spiro atoms. The highest BCUT2D eigenvalue weighted by Crippen LogP contribution is 2.41. The van der Waals surface area contributed by atoms with E-state index in [4.69, 9.17) is 30.5 Å². The predicted octanol–water partition coefficient (Wildman–Crippen LogP) is 4.81. The predicted molar refractivity (Wildman–Crippen MR) is 115 cm³/mol. The fraction of sp³-hybridized carbons (Fsp3) is 0.500. The Labute approximate surface area is 182 Å². The summed E-state index contributed by atoms with van der Waals surface area (Å²) in [6.45, 7) is 2.61. The molecule has 30 heavy (non-hydrogen) atoms. The molecule has 0 aromatic heterocycles. The normalized spacial score (nSPS) is 26.5. The van der Waals surface area contributed by atoms with Crippen molar-refractivity contribution in [1.29, 1.82) is 0 Å². The first-order chi connectivity index (χ1) is 14.5. The van der Waals surface area contributed by atoms with Crippen LogP contribution >= 0.6 is 11.6 Å². The van der Waals surface area contributed by atoms with Gasteiger partial charge in [0.2, 0.25) is 0 Å². The van der Waals surface area contributed by atoms with Crippen LogP contribution in [0.4, 0.5) is 0 Å². The largest absolute Gasteiger partial charge is 0.494 e. The van der Waals surface area contributed by atoms with Gasteiger partial charge in [-0.05, 0) is 61.6 Å². The Hall–Kier alpha value is -1.63. The molecule has 0 bridgehead atoms. The van der Waals surface area contributed by atoms with Crippen LogP contribution < -0.4 is 4.74 Å². The van der Waals surface area contributed by atoms with Crippen LogP contribution in [-0.2, 0) is 26.4 Å². The van der Waals surface area contributed by atoms with Crippen molar-refractivity contribution in [2.24, 2.45) is 0 Å². The van der Waals surface area contributed by atoms with Crippen molar-refractivity contribution in [3.63, 3.8) is 0 Å². The third-order valence-corrected chi connectivity index (χ3v) is 5.97. The first-order valence-corrected chi connectivity index (χ1v) is 11.0. The monoisotopic (exact) mass is 432 g/mol. The van der Waals surface area contributed by atoms with Crippen LogP contribution in [0.25, 0.3) is 0 Å². The van der Waals surface area contributed by atoms with Crippen LogP contribution in [0.15, 0.2) is 42.5 Å². The Balaban J connectivity index is 1.57. The van der Waals surface area contributed by atoms with Crippen molar-refractivity contribution in [2.45, 2.75) is 63.3 Å². The lowest BCUT2D eigenvalue weighted by Crippen LogP contribution is -2.46. The molecule has 2 unspecified atom stereocenters. The minimum atomic E-state index is -1.06. The van der Waals surface area contributed by atoms with Crippen molar-refractivity contribution < 1.29 is 24.1 Å². The molecule has 1 aliphatic carbocycles. The van der Waals surface area contributed by atoms with Gasteiger partial charge in [-0.15, -0.1) is 0 Å². The molecule has 1 N–H and O–H groups in total. The summed E-state index contributed by atoms with van der Waals surface area (Å²) in [4.78, 5) is 0. The summed E-state index contributed by atoms with van der Waals surface area (Å²) in [5.41, 5.74) is 2.93. The van der Waals surface area contributed by atoms with E-state index in [0.29, 0.717) is 30.9 Å². The first-order valence-electron chi connectivity index (χ1n) is 10.6. The standard InChI is InChI=1S/C24H29ClO5/c1-3-28-20-7-4-16(5-8-20)12-17-13-18(6-11-22(17)25)24(27-2)15-19(26)14-23(30-24)29-21-9-10-21/h4-8,11,13,19,21,23,26H,3,9-10,12,14-15H2,1-2H3/t19?,23?,24-/m1/s1. The average molecular weight is 433 g/mol. The second kappa shape index (κ2) is 9.25. The van der Waals surface area contributed by atoms with Gasteiger partial charge < -0.3 is 24.1 Å². The van der Waals surface area contributed by atoms with E-state index in [-0.39, 0.29) is 6.10 Å². The fourth-order valence-electron chi connectivity index (χ4n) is 3.90. The van der Waals surface area contributed by atoms with Crippen LogP contribution in [-0.4, -0.2) is 37.3 Å². The number of benzene rings is 2. The summed E-state index contributed by atoms with van der Waals surface area (Å²) >= 11 is 6.51.